The summed E-state index contributed by atoms with van der Waals surface area (Å²) in [5, 5.41) is 0. The molecule has 0 saturated heterocycles. The van der Waals surface area contributed by atoms with Crippen LogP contribution in [0.5, 0.6) is 5.75 Å². The lowest BCUT2D eigenvalue weighted by Gasteiger charge is -2.03. The fraction of sp³-hybridized carbons (Fsp3) is 0.400. The molecule has 0 N–H and O–H groups in total. The Bertz CT molecular complexity index is 191. The van der Waals surface area contributed by atoms with Gasteiger partial charge in [-0.15, -0.1) is 0 Å². The van der Waals surface area contributed by atoms with E-state index in [4.69, 9.17) is 9.47 Å². The molecule has 0 bridgehead atoms. The molecule has 0 unspecified atom stereocenters. The number of benzene rings is 1. The van der Waals surface area contributed by atoms with Crippen molar-refractivity contribution in [3.63, 3.8) is 0 Å². The van der Waals surface area contributed by atoms with Gasteiger partial charge < -0.3 is 9.47 Å². The van der Waals surface area contributed by atoms with Crippen molar-refractivity contribution < 1.29 is 9.47 Å². The van der Waals surface area contributed by atoms with Gasteiger partial charge >= 0.3 is 0 Å². The third-order valence-electron chi connectivity index (χ3n) is 1.55. The Morgan fingerprint density at radius 3 is 2.33 bits per heavy atom. The van der Waals surface area contributed by atoms with Crippen LogP contribution in [0.4, 0.5) is 0 Å². The van der Waals surface area contributed by atoms with Crippen LogP contribution in [0.2, 0.25) is 0 Å². The average Bonchev–Trinajstić information content (AvgIpc) is 2.09. The molecular weight excluding hydrogens is 152 g/mol. The molecule has 0 atom stereocenters. The molecule has 12 heavy (non-hydrogen) atoms. The van der Waals surface area contributed by atoms with Gasteiger partial charge in [0.25, 0.3) is 0 Å². The Morgan fingerprint density at radius 1 is 1.17 bits per heavy atom. The maximum atomic E-state index is 5.30. The molecule has 0 aliphatic carbocycles. The molecule has 0 saturated carbocycles. The summed E-state index contributed by atoms with van der Waals surface area (Å²) in [5.74, 6) is 0.914. The van der Waals surface area contributed by atoms with Crippen LogP contribution >= 0.6 is 0 Å². The van der Waals surface area contributed by atoms with Crippen molar-refractivity contribution in [3.8, 4) is 5.75 Å². The van der Waals surface area contributed by atoms with Crippen molar-refractivity contribution in [2.75, 3.05) is 13.7 Å². The zero-order valence-electron chi connectivity index (χ0n) is 7.54. The molecule has 0 aliphatic rings. The summed E-state index contributed by atoms with van der Waals surface area (Å²) in [6.45, 7) is 3.35. The maximum absolute atomic E-state index is 5.30. The summed E-state index contributed by atoms with van der Waals surface area (Å²) in [6.07, 6.45) is 0. The molecule has 2 heteroatoms. The predicted molar refractivity (Wildman–Crippen MR) is 48.3 cm³/mol. The van der Waals surface area contributed by atoms with E-state index in [9.17, 15) is 0 Å². The summed E-state index contributed by atoms with van der Waals surface area (Å²) in [6, 6.07) is 7.93. The first-order valence-corrected chi connectivity index (χ1v) is 4.07. The number of hydrogen-bond acceptors (Lipinski definition) is 2. The van der Waals surface area contributed by atoms with Gasteiger partial charge in [0.05, 0.1) is 13.2 Å². The third kappa shape index (κ3) is 2.55. The van der Waals surface area contributed by atoms with Crippen molar-refractivity contribution in [3.05, 3.63) is 29.8 Å². The summed E-state index contributed by atoms with van der Waals surface area (Å²) >= 11 is 0. The van der Waals surface area contributed by atoms with Crippen LogP contribution in [0.3, 0.4) is 0 Å². The van der Waals surface area contributed by atoms with Crippen LogP contribution in [0.1, 0.15) is 12.5 Å². The molecule has 0 radical (unpaired) electrons. The minimum Gasteiger partial charge on any atom is -0.494 e. The monoisotopic (exact) mass is 166 g/mol. The highest BCUT2D eigenvalue weighted by Gasteiger charge is 1.92. The van der Waals surface area contributed by atoms with Crippen molar-refractivity contribution in [1.82, 2.24) is 0 Å². The first kappa shape index (κ1) is 9.07. The molecule has 2 nitrogen and oxygen atoms in total. The predicted octanol–water partition coefficient (Wildman–Crippen LogP) is 2.23. The van der Waals surface area contributed by atoms with E-state index < -0.39 is 0 Å². The summed E-state index contributed by atoms with van der Waals surface area (Å²) in [5.41, 5.74) is 1.17. The Balaban J connectivity index is 2.58. The SMILES string of the molecule is CCOc1ccc(COC)cc1. The van der Waals surface area contributed by atoms with E-state index in [1.807, 2.05) is 31.2 Å². The van der Waals surface area contributed by atoms with Crippen LogP contribution < -0.4 is 4.74 Å². The van der Waals surface area contributed by atoms with E-state index in [0.717, 1.165) is 5.75 Å². The second-order valence-electron chi connectivity index (χ2n) is 2.51. The van der Waals surface area contributed by atoms with E-state index in [2.05, 4.69) is 0 Å². The number of methoxy groups -OCH3 is 1. The van der Waals surface area contributed by atoms with E-state index in [1.165, 1.54) is 5.56 Å². The number of rotatable bonds is 4. The van der Waals surface area contributed by atoms with Gasteiger partial charge in [0.15, 0.2) is 0 Å². The molecule has 1 aromatic rings. The van der Waals surface area contributed by atoms with Gasteiger partial charge in [-0.1, -0.05) is 12.1 Å². The molecule has 66 valence electrons. The summed E-state index contributed by atoms with van der Waals surface area (Å²) < 4.78 is 10.3. The van der Waals surface area contributed by atoms with Crippen LogP contribution in [-0.2, 0) is 11.3 Å². The Labute approximate surface area is 73.1 Å². The second-order valence-corrected chi connectivity index (χ2v) is 2.51. The van der Waals surface area contributed by atoms with Gasteiger partial charge in [0.2, 0.25) is 0 Å². The number of ether oxygens (including phenoxy) is 2. The molecule has 0 aromatic heterocycles. The fourth-order valence-corrected chi connectivity index (χ4v) is 1.02. The summed E-state index contributed by atoms with van der Waals surface area (Å²) in [4.78, 5) is 0. The average molecular weight is 166 g/mol. The normalized spacial score (nSPS) is 9.83. The maximum Gasteiger partial charge on any atom is 0.119 e. The standard InChI is InChI=1S/C10H14O2/c1-3-12-10-6-4-9(5-7-10)8-11-2/h4-7H,3,8H2,1-2H3. The van der Waals surface area contributed by atoms with E-state index >= 15 is 0 Å². The molecule has 0 heterocycles. The smallest absolute Gasteiger partial charge is 0.119 e. The highest BCUT2D eigenvalue weighted by molar-refractivity contribution is 5.26. The van der Waals surface area contributed by atoms with Crippen molar-refractivity contribution in [2.45, 2.75) is 13.5 Å². The van der Waals surface area contributed by atoms with E-state index in [-0.39, 0.29) is 0 Å². The van der Waals surface area contributed by atoms with Crippen LogP contribution in [0.25, 0.3) is 0 Å². The van der Waals surface area contributed by atoms with Gasteiger partial charge in [0.1, 0.15) is 5.75 Å². The lowest BCUT2D eigenvalue weighted by molar-refractivity contribution is 0.185. The highest BCUT2D eigenvalue weighted by atomic mass is 16.5. The molecule has 0 spiro atoms. The van der Waals surface area contributed by atoms with Crippen molar-refractivity contribution in [2.24, 2.45) is 0 Å². The molecule has 0 amide bonds. The second kappa shape index (κ2) is 4.78. The van der Waals surface area contributed by atoms with Gasteiger partial charge in [0, 0.05) is 7.11 Å². The first-order valence-electron chi connectivity index (χ1n) is 4.07. The van der Waals surface area contributed by atoms with Crippen LogP contribution in [-0.4, -0.2) is 13.7 Å². The quantitative estimate of drug-likeness (QED) is 0.683. The molecule has 0 fully saturated rings. The third-order valence-corrected chi connectivity index (χ3v) is 1.55. The number of hydrogen-bond donors (Lipinski definition) is 0. The van der Waals surface area contributed by atoms with Gasteiger partial charge in [-0.05, 0) is 24.6 Å². The van der Waals surface area contributed by atoms with Gasteiger partial charge in [-0.2, -0.15) is 0 Å². The fourth-order valence-electron chi connectivity index (χ4n) is 1.02. The van der Waals surface area contributed by atoms with Crippen molar-refractivity contribution in [1.29, 1.82) is 0 Å². The first-order chi connectivity index (χ1) is 5.86. The molecule has 0 aliphatic heterocycles. The van der Waals surface area contributed by atoms with E-state index in [1.54, 1.807) is 7.11 Å². The van der Waals surface area contributed by atoms with E-state index in [0.29, 0.717) is 13.2 Å². The lowest BCUT2D eigenvalue weighted by Crippen LogP contribution is -1.92. The van der Waals surface area contributed by atoms with Crippen LogP contribution in [0, 0.1) is 0 Å². The Kier molecular flexibility index (Phi) is 3.61. The minimum absolute atomic E-state index is 0.659. The Hall–Kier alpha value is -1.02. The van der Waals surface area contributed by atoms with Gasteiger partial charge in [-0.3, -0.25) is 0 Å². The zero-order valence-corrected chi connectivity index (χ0v) is 7.54. The van der Waals surface area contributed by atoms with Crippen molar-refractivity contribution >= 4 is 0 Å². The Morgan fingerprint density at radius 2 is 1.83 bits per heavy atom. The summed E-state index contributed by atoms with van der Waals surface area (Å²) in [7, 11) is 1.69. The molecular formula is C10H14O2. The van der Waals surface area contributed by atoms with Crippen LogP contribution in [0.15, 0.2) is 24.3 Å². The van der Waals surface area contributed by atoms with Gasteiger partial charge in [-0.25, -0.2) is 0 Å². The molecule has 1 rings (SSSR count). The minimum atomic E-state index is 0.659. The zero-order chi connectivity index (χ0) is 8.81. The topological polar surface area (TPSA) is 18.5 Å². The highest BCUT2D eigenvalue weighted by Crippen LogP contribution is 2.12. The molecule has 1 aromatic carbocycles. The largest absolute Gasteiger partial charge is 0.494 e. The lowest BCUT2D eigenvalue weighted by atomic mass is 10.2.